The van der Waals surface area contributed by atoms with Crippen molar-refractivity contribution in [1.29, 1.82) is 0 Å². The first-order chi connectivity index (χ1) is 27.3. The highest BCUT2D eigenvalue weighted by Gasteiger charge is 2.41. The molecule has 0 unspecified atom stereocenters. The van der Waals surface area contributed by atoms with E-state index in [-0.39, 0.29) is 10.8 Å². The summed E-state index contributed by atoms with van der Waals surface area (Å²) < 4.78 is 4.99. The minimum atomic E-state index is -0.205. The summed E-state index contributed by atoms with van der Waals surface area (Å²) in [4.78, 5) is 0. The van der Waals surface area contributed by atoms with Crippen molar-refractivity contribution in [3.63, 3.8) is 0 Å². The van der Waals surface area contributed by atoms with Crippen molar-refractivity contribution in [2.24, 2.45) is 0 Å². The number of benzene rings is 8. The molecule has 2 aliphatic carbocycles. The largest absolute Gasteiger partial charge is 0.309 e. The van der Waals surface area contributed by atoms with Crippen molar-refractivity contribution in [3.8, 4) is 44.8 Å². The highest BCUT2D eigenvalue weighted by molar-refractivity contribution is 6.14. The Morgan fingerprint density at radius 1 is 0.339 bits per heavy atom. The molecule has 56 heavy (non-hydrogen) atoms. The lowest BCUT2D eigenvalue weighted by Crippen LogP contribution is -2.17. The summed E-state index contributed by atoms with van der Waals surface area (Å²) in [5, 5.41) is 5.21. The summed E-state index contributed by atoms with van der Waals surface area (Å²) in [7, 11) is 0. The van der Waals surface area contributed by atoms with Gasteiger partial charge in [0.2, 0.25) is 0 Å². The van der Waals surface area contributed by atoms with Crippen LogP contribution < -0.4 is 0 Å². The molecule has 2 heteroatoms. The third-order valence-electron chi connectivity index (χ3n) is 13.3. The number of nitrogens with zero attached hydrogens (tertiary/aromatic N) is 2. The van der Waals surface area contributed by atoms with Gasteiger partial charge in [0, 0.05) is 43.7 Å². The summed E-state index contributed by atoms with van der Waals surface area (Å²) in [6.07, 6.45) is 0. The highest BCUT2D eigenvalue weighted by atomic mass is 15.0. The molecule has 0 aliphatic heterocycles. The molecule has 12 rings (SSSR count). The lowest BCUT2D eigenvalue weighted by Gasteiger charge is -2.25. The Morgan fingerprint density at radius 3 is 1.14 bits per heavy atom. The fourth-order valence-corrected chi connectivity index (χ4v) is 10.7. The Hall–Kier alpha value is -6.64. The van der Waals surface area contributed by atoms with Crippen LogP contribution in [0.4, 0.5) is 0 Å². The second-order valence-corrected chi connectivity index (χ2v) is 16.9. The van der Waals surface area contributed by atoms with Crippen LogP contribution in [0, 0.1) is 0 Å². The van der Waals surface area contributed by atoms with Crippen LogP contribution in [-0.4, -0.2) is 9.13 Å². The standard InChI is InChI=1S/C54H40N2/c1-53(2)45-31-33(23-25-37(45)41-27-29-43-39-19-11-13-21-47(39)55(51(43)49(41)53)35-15-7-5-8-16-35)34-24-26-38-42-28-30-44-40-20-12-14-22-48(40)56(36-17-9-6-10-18-36)52(44)50(42)54(3,4)46(38)32-34/h5-32H,1-4H3. The van der Waals surface area contributed by atoms with E-state index in [1.165, 1.54) is 111 Å². The molecule has 0 bridgehead atoms. The van der Waals surface area contributed by atoms with Crippen molar-refractivity contribution in [3.05, 3.63) is 192 Å². The first kappa shape index (κ1) is 31.7. The van der Waals surface area contributed by atoms with Gasteiger partial charge in [-0.05, 0) is 104 Å². The number of para-hydroxylation sites is 4. The smallest absolute Gasteiger partial charge is 0.0588 e. The Kier molecular flexibility index (Phi) is 6.22. The predicted molar refractivity (Wildman–Crippen MR) is 236 cm³/mol. The fraction of sp³-hybridized carbons (Fsp3) is 0.111. The van der Waals surface area contributed by atoms with Gasteiger partial charge < -0.3 is 9.13 Å². The van der Waals surface area contributed by atoms with E-state index in [1.807, 2.05) is 0 Å². The van der Waals surface area contributed by atoms with Crippen LogP contribution in [0.25, 0.3) is 88.4 Å². The van der Waals surface area contributed by atoms with Gasteiger partial charge >= 0.3 is 0 Å². The van der Waals surface area contributed by atoms with Gasteiger partial charge in [-0.15, -0.1) is 0 Å². The maximum atomic E-state index is 2.49. The average Bonchev–Trinajstić information content (AvgIpc) is 3.90. The highest BCUT2D eigenvalue weighted by Crippen LogP contribution is 2.56. The van der Waals surface area contributed by atoms with Gasteiger partial charge in [0.1, 0.15) is 0 Å². The van der Waals surface area contributed by atoms with E-state index in [0.29, 0.717) is 0 Å². The maximum Gasteiger partial charge on any atom is 0.0588 e. The molecule has 0 spiro atoms. The molecular weight excluding hydrogens is 677 g/mol. The molecule has 0 fully saturated rings. The normalized spacial score (nSPS) is 14.7. The van der Waals surface area contributed by atoms with Crippen LogP contribution in [-0.2, 0) is 10.8 Å². The Bertz CT molecular complexity index is 3060. The summed E-state index contributed by atoms with van der Waals surface area (Å²) in [6, 6.07) is 63.3. The van der Waals surface area contributed by atoms with Crippen LogP contribution in [0.1, 0.15) is 49.9 Å². The van der Waals surface area contributed by atoms with Crippen LogP contribution >= 0.6 is 0 Å². The van der Waals surface area contributed by atoms with E-state index < -0.39 is 0 Å². The van der Waals surface area contributed by atoms with Crippen LogP contribution in [0.5, 0.6) is 0 Å². The Balaban J connectivity index is 1.02. The molecule has 2 aromatic heterocycles. The summed E-state index contributed by atoms with van der Waals surface area (Å²) in [6.45, 7) is 9.70. The summed E-state index contributed by atoms with van der Waals surface area (Å²) >= 11 is 0. The van der Waals surface area contributed by atoms with E-state index in [0.717, 1.165) is 0 Å². The van der Waals surface area contributed by atoms with Gasteiger partial charge in [0.05, 0.1) is 22.1 Å². The Morgan fingerprint density at radius 2 is 0.714 bits per heavy atom. The lowest BCUT2D eigenvalue weighted by atomic mass is 9.79. The fourth-order valence-electron chi connectivity index (χ4n) is 10.7. The molecule has 10 aromatic rings. The van der Waals surface area contributed by atoms with Crippen molar-refractivity contribution >= 4 is 43.6 Å². The van der Waals surface area contributed by atoms with Crippen LogP contribution in [0.15, 0.2) is 170 Å². The first-order valence-corrected chi connectivity index (χ1v) is 19.9. The van der Waals surface area contributed by atoms with E-state index in [9.17, 15) is 0 Å². The quantitative estimate of drug-likeness (QED) is 0.172. The van der Waals surface area contributed by atoms with Gasteiger partial charge in [0.25, 0.3) is 0 Å². The second-order valence-electron chi connectivity index (χ2n) is 16.9. The van der Waals surface area contributed by atoms with Crippen LogP contribution in [0.2, 0.25) is 0 Å². The molecule has 0 radical (unpaired) electrons. The van der Waals surface area contributed by atoms with Crippen molar-refractivity contribution in [2.45, 2.75) is 38.5 Å². The molecule has 0 saturated heterocycles. The molecule has 0 amide bonds. The van der Waals surface area contributed by atoms with E-state index in [1.54, 1.807) is 0 Å². The summed E-state index contributed by atoms with van der Waals surface area (Å²) in [5.41, 5.74) is 20.6. The van der Waals surface area contributed by atoms with Gasteiger partial charge in [0.15, 0.2) is 0 Å². The zero-order valence-electron chi connectivity index (χ0n) is 32.1. The zero-order valence-corrected chi connectivity index (χ0v) is 32.1. The Labute approximate surface area is 326 Å². The minimum absolute atomic E-state index is 0.205. The van der Waals surface area contributed by atoms with Crippen molar-refractivity contribution in [2.75, 3.05) is 0 Å². The van der Waals surface area contributed by atoms with Crippen molar-refractivity contribution < 1.29 is 0 Å². The van der Waals surface area contributed by atoms with Gasteiger partial charge in [-0.3, -0.25) is 0 Å². The zero-order chi connectivity index (χ0) is 37.5. The lowest BCUT2D eigenvalue weighted by molar-refractivity contribution is 0.663. The SMILES string of the molecule is CC1(C)c2cc(-c3ccc4c(c3)C(C)(C)c3c-4ccc4c5ccccc5n(-c5ccccc5)c34)ccc2-c2ccc3c4ccccc4n(-c4ccccc4)c3c21. The van der Waals surface area contributed by atoms with E-state index in [2.05, 4.69) is 207 Å². The monoisotopic (exact) mass is 716 g/mol. The molecule has 8 aromatic carbocycles. The van der Waals surface area contributed by atoms with Gasteiger partial charge in [-0.25, -0.2) is 0 Å². The molecule has 0 N–H and O–H groups in total. The van der Waals surface area contributed by atoms with Gasteiger partial charge in [-0.1, -0.05) is 149 Å². The number of rotatable bonds is 3. The third-order valence-corrected chi connectivity index (χ3v) is 13.3. The van der Waals surface area contributed by atoms with E-state index in [4.69, 9.17) is 0 Å². The molecule has 0 saturated carbocycles. The molecule has 2 nitrogen and oxygen atoms in total. The maximum absolute atomic E-state index is 2.49. The first-order valence-electron chi connectivity index (χ1n) is 19.9. The average molecular weight is 717 g/mol. The molecule has 2 heterocycles. The summed E-state index contributed by atoms with van der Waals surface area (Å²) in [5.74, 6) is 0. The number of hydrogen-bond donors (Lipinski definition) is 0. The van der Waals surface area contributed by atoms with E-state index >= 15 is 0 Å². The molecule has 0 atom stereocenters. The molecule has 266 valence electrons. The number of fused-ring (bicyclic) bond motifs is 14. The molecule has 2 aliphatic rings. The van der Waals surface area contributed by atoms with Crippen LogP contribution in [0.3, 0.4) is 0 Å². The predicted octanol–water partition coefficient (Wildman–Crippen LogP) is 14.2. The molecular formula is C54H40N2. The second kappa shape index (κ2) is 11.0. The number of aromatic nitrogens is 2. The van der Waals surface area contributed by atoms with Crippen molar-refractivity contribution in [1.82, 2.24) is 9.13 Å². The third kappa shape index (κ3) is 4.01. The number of hydrogen-bond acceptors (Lipinski definition) is 0. The van der Waals surface area contributed by atoms with Gasteiger partial charge in [-0.2, -0.15) is 0 Å². The minimum Gasteiger partial charge on any atom is -0.309 e. The topological polar surface area (TPSA) is 9.86 Å².